The third-order valence-corrected chi connectivity index (χ3v) is 5.11. The topological polar surface area (TPSA) is 3.24 Å². The largest absolute Gasteiger partial charge is 0.304 e. The van der Waals surface area contributed by atoms with Crippen LogP contribution in [0.1, 0.15) is 43.7 Å². The monoisotopic (exact) mass is 305 g/mol. The molecule has 2 aromatic carbocycles. The Morgan fingerprint density at radius 3 is 1.96 bits per heavy atom. The van der Waals surface area contributed by atoms with Gasteiger partial charge >= 0.3 is 0 Å². The summed E-state index contributed by atoms with van der Waals surface area (Å²) in [7, 11) is 0. The Morgan fingerprint density at radius 1 is 0.913 bits per heavy atom. The zero-order chi connectivity index (χ0) is 16.2. The van der Waals surface area contributed by atoms with E-state index in [-0.39, 0.29) is 0 Å². The summed E-state index contributed by atoms with van der Waals surface area (Å²) in [5, 5.41) is 0. The molecule has 23 heavy (non-hydrogen) atoms. The SMILES string of the molecule is C=C(CCCN(CC)CC)C1c2ccccc2-c2ccccc21. The number of hydrogen-bond acceptors (Lipinski definition) is 1. The van der Waals surface area contributed by atoms with Crippen LogP contribution in [0.25, 0.3) is 11.1 Å². The number of nitrogens with zero attached hydrogens (tertiary/aromatic N) is 1. The fourth-order valence-electron chi connectivity index (χ4n) is 3.81. The van der Waals surface area contributed by atoms with Crippen molar-refractivity contribution < 1.29 is 0 Å². The minimum absolute atomic E-state index is 0.374. The first kappa shape index (κ1) is 16.0. The van der Waals surface area contributed by atoms with Crippen molar-refractivity contribution in [3.05, 3.63) is 71.8 Å². The lowest BCUT2D eigenvalue weighted by Gasteiger charge is -2.20. The Bertz CT molecular complexity index is 636. The van der Waals surface area contributed by atoms with E-state index in [9.17, 15) is 0 Å². The van der Waals surface area contributed by atoms with E-state index in [0.717, 1.165) is 19.5 Å². The molecule has 0 amide bonds. The van der Waals surface area contributed by atoms with E-state index in [1.54, 1.807) is 0 Å². The molecule has 0 atom stereocenters. The van der Waals surface area contributed by atoms with E-state index < -0.39 is 0 Å². The lowest BCUT2D eigenvalue weighted by Crippen LogP contribution is -2.24. The van der Waals surface area contributed by atoms with Crippen LogP contribution in [0.4, 0.5) is 0 Å². The summed E-state index contributed by atoms with van der Waals surface area (Å²) in [6, 6.07) is 17.6. The van der Waals surface area contributed by atoms with Crippen molar-refractivity contribution in [1.29, 1.82) is 0 Å². The predicted octanol–water partition coefficient (Wildman–Crippen LogP) is 5.48. The normalized spacial score (nSPS) is 13.2. The van der Waals surface area contributed by atoms with Gasteiger partial charge in [0.1, 0.15) is 0 Å². The molecule has 0 fully saturated rings. The Morgan fingerprint density at radius 2 is 1.43 bits per heavy atom. The maximum atomic E-state index is 4.46. The number of allylic oxidation sites excluding steroid dienone is 1. The minimum atomic E-state index is 0.374. The Hall–Kier alpha value is -1.86. The first-order chi connectivity index (χ1) is 11.3. The number of fused-ring (bicyclic) bond motifs is 3. The molecule has 1 aliphatic rings. The third-order valence-electron chi connectivity index (χ3n) is 5.11. The smallest absolute Gasteiger partial charge is 0.0308 e. The first-order valence-corrected chi connectivity index (χ1v) is 8.84. The Kier molecular flexibility index (Phi) is 4.97. The fraction of sp³-hybridized carbons (Fsp3) is 0.364. The zero-order valence-corrected chi connectivity index (χ0v) is 14.4. The van der Waals surface area contributed by atoms with Gasteiger partial charge in [0.15, 0.2) is 0 Å². The quantitative estimate of drug-likeness (QED) is 0.612. The van der Waals surface area contributed by atoms with Gasteiger partial charge in [-0.2, -0.15) is 0 Å². The average Bonchev–Trinajstić information content (AvgIpc) is 2.93. The van der Waals surface area contributed by atoms with Gasteiger partial charge < -0.3 is 4.90 Å². The molecule has 1 aliphatic carbocycles. The highest BCUT2D eigenvalue weighted by molar-refractivity contribution is 5.80. The van der Waals surface area contributed by atoms with Crippen LogP contribution in [0, 0.1) is 0 Å². The highest BCUT2D eigenvalue weighted by atomic mass is 15.1. The van der Waals surface area contributed by atoms with Gasteiger partial charge in [-0.15, -0.1) is 0 Å². The van der Waals surface area contributed by atoms with Crippen molar-refractivity contribution in [3.63, 3.8) is 0 Å². The molecule has 3 rings (SSSR count). The van der Waals surface area contributed by atoms with Crippen LogP contribution < -0.4 is 0 Å². The van der Waals surface area contributed by atoms with E-state index in [1.165, 1.54) is 40.8 Å². The van der Waals surface area contributed by atoms with Crippen LogP contribution in [0.3, 0.4) is 0 Å². The summed E-state index contributed by atoms with van der Waals surface area (Å²) in [6.07, 6.45) is 2.30. The molecule has 0 N–H and O–H groups in total. The number of hydrogen-bond donors (Lipinski definition) is 0. The van der Waals surface area contributed by atoms with Crippen LogP contribution in [0.5, 0.6) is 0 Å². The third kappa shape index (κ3) is 3.11. The maximum absolute atomic E-state index is 4.46. The molecule has 0 bridgehead atoms. The summed E-state index contributed by atoms with van der Waals surface area (Å²) < 4.78 is 0. The average molecular weight is 305 g/mol. The first-order valence-electron chi connectivity index (χ1n) is 8.84. The number of rotatable bonds is 7. The van der Waals surface area contributed by atoms with Gasteiger partial charge in [0.25, 0.3) is 0 Å². The number of benzene rings is 2. The van der Waals surface area contributed by atoms with Crippen LogP contribution in [-0.4, -0.2) is 24.5 Å². The van der Waals surface area contributed by atoms with E-state index >= 15 is 0 Å². The second-order valence-electron chi connectivity index (χ2n) is 6.40. The summed E-state index contributed by atoms with van der Waals surface area (Å²) >= 11 is 0. The van der Waals surface area contributed by atoms with E-state index in [4.69, 9.17) is 0 Å². The van der Waals surface area contributed by atoms with Gasteiger partial charge in [-0.05, 0) is 54.7 Å². The molecule has 2 aromatic rings. The second kappa shape index (κ2) is 7.14. The molecule has 0 saturated carbocycles. The van der Waals surface area contributed by atoms with Crippen LogP contribution in [-0.2, 0) is 0 Å². The molecular formula is C22H27N. The Labute approximate surface area is 140 Å². The van der Waals surface area contributed by atoms with Crippen molar-refractivity contribution in [2.45, 2.75) is 32.6 Å². The van der Waals surface area contributed by atoms with Crippen molar-refractivity contribution in [3.8, 4) is 11.1 Å². The van der Waals surface area contributed by atoms with Crippen LogP contribution in [0.2, 0.25) is 0 Å². The fourth-order valence-corrected chi connectivity index (χ4v) is 3.81. The molecule has 0 aromatic heterocycles. The molecule has 0 saturated heterocycles. The van der Waals surface area contributed by atoms with Crippen molar-refractivity contribution in [2.75, 3.05) is 19.6 Å². The summed E-state index contributed by atoms with van der Waals surface area (Å²) in [6.45, 7) is 12.4. The lowest BCUT2D eigenvalue weighted by atomic mass is 9.87. The minimum Gasteiger partial charge on any atom is -0.304 e. The van der Waals surface area contributed by atoms with Crippen LogP contribution >= 0.6 is 0 Å². The Balaban J connectivity index is 1.78. The lowest BCUT2D eigenvalue weighted by molar-refractivity contribution is 0.299. The molecule has 0 heterocycles. The molecule has 0 aliphatic heterocycles. The molecule has 0 unspecified atom stereocenters. The van der Waals surface area contributed by atoms with Gasteiger partial charge in [0.05, 0.1) is 0 Å². The zero-order valence-electron chi connectivity index (χ0n) is 14.4. The van der Waals surface area contributed by atoms with Gasteiger partial charge in [-0.3, -0.25) is 0 Å². The van der Waals surface area contributed by atoms with E-state index in [1.807, 2.05) is 0 Å². The van der Waals surface area contributed by atoms with E-state index in [0.29, 0.717) is 5.92 Å². The van der Waals surface area contributed by atoms with Gasteiger partial charge in [-0.1, -0.05) is 74.5 Å². The molecule has 0 radical (unpaired) electrons. The summed E-state index contributed by atoms with van der Waals surface area (Å²) in [5.41, 5.74) is 6.99. The van der Waals surface area contributed by atoms with Gasteiger partial charge in [0, 0.05) is 5.92 Å². The highest BCUT2D eigenvalue weighted by Crippen LogP contribution is 2.48. The van der Waals surface area contributed by atoms with Gasteiger partial charge in [-0.25, -0.2) is 0 Å². The summed E-state index contributed by atoms with van der Waals surface area (Å²) in [4.78, 5) is 2.49. The molecule has 120 valence electrons. The van der Waals surface area contributed by atoms with Crippen LogP contribution in [0.15, 0.2) is 60.7 Å². The predicted molar refractivity (Wildman–Crippen MR) is 99.9 cm³/mol. The maximum Gasteiger partial charge on any atom is 0.0308 e. The molecule has 1 heteroatoms. The van der Waals surface area contributed by atoms with Crippen molar-refractivity contribution >= 4 is 0 Å². The van der Waals surface area contributed by atoms with Gasteiger partial charge in [0.2, 0.25) is 0 Å². The molecule has 0 spiro atoms. The summed E-state index contributed by atoms with van der Waals surface area (Å²) in [5.74, 6) is 0.374. The molecule has 1 nitrogen and oxygen atoms in total. The molecular weight excluding hydrogens is 278 g/mol. The standard InChI is InChI=1S/C22H27N/c1-4-23(5-2)16-10-11-17(3)22-20-14-8-6-12-18(20)19-13-7-9-15-21(19)22/h6-9,12-15,22H,3-5,10-11,16H2,1-2H3. The highest BCUT2D eigenvalue weighted by Gasteiger charge is 2.29. The second-order valence-corrected chi connectivity index (χ2v) is 6.40. The van der Waals surface area contributed by atoms with Crippen molar-refractivity contribution in [2.24, 2.45) is 0 Å². The van der Waals surface area contributed by atoms with E-state index in [2.05, 4.69) is 73.9 Å². The van der Waals surface area contributed by atoms with Crippen molar-refractivity contribution in [1.82, 2.24) is 4.90 Å².